The zero-order chi connectivity index (χ0) is 22.8. The van der Waals surface area contributed by atoms with Crippen molar-refractivity contribution in [2.75, 3.05) is 25.1 Å². The molecule has 0 saturated carbocycles. The summed E-state index contributed by atoms with van der Waals surface area (Å²) in [7, 11) is 0. The van der Waals surface area contributed by atoms with Gasteiger partial charge in [-0.25, -0.2) is 0 Å². The Kier molecular flexibility index (Phi) is 9.80. The van der Waals surface area contributed by atoms with Crippen LogP contribution in [0.25, 0.3) is 0 Å². The number of rotatable bonds is 11. The molecule has 9 nitrogen and oxygen atoms in total. The van der Waals surface area contributed by atoms with Crippen molar-refractivity contribution >= 4 is 35.5 Å². The van der Waals surface area contributed by atoms with Gasteiger partial charge in [0.05, 0.1) is 6.04 Å². The van der Waals surface area contributed by atoms with Crippen LogP contribution in [0.5, 0.6) is 0 Å². The molecule has 0 bridgehead atoms. The normalized spacial score (nSPS) is 17.6. The van der Waals surface area contributed by atoms with Crippen molar-refractivity contribution < 1.29 is 24.3 Å². The van der Waals surface area contributed by atoms with Crippen molar-refractivity contribution in [2.45, 2.75) is 43.8 Å². The van der Waals surface area contributed by atoms with E-state index in [0.717, 1.165) is 5.56 Å². The highest BCUT2D eigenvalue weighted by molar-refractivity contribution is 7.98. The number of carboxylic acid groups (broad SMARTS) is 1. The molecule has 3 unspecified atom stereocenters. The fourth-order valence-corrected chi connectivity index (χ4v) is 3.99. The first-order valence-corrected chi connectivity index (χ1v) is 11.6. The summed E-state index contributed by atoms with van der Waals surface area (Å²) in [4.78, 5) is 50.4. The Morgan fingerprint density at radius 1 is 1.26 bits per heavy atom. The highest BCUT2D eigenvalue weighted by Crippen LogP contribution is 2.20. The fourth-order valence-electron chi connectivity index (χ4n) is 3.52. The van der Waals surface area contributed by atoms with E-state index in [1.54, 1.807) is 11.8 Å². The summed E-state index contributed by atoms with van der Waals surface area (Å²) < 4.78 is 0. The molecule has 5 N–H and O–H groups in total. The first-order valence-electron chi connectivity index (χ1n) is 10.2. The van der Waals surface area contributed by atoms with Crippen molar-refractivity contribution in [1.29, 1.82) is 0 Å². The van der Waals surface area contributed by atoms with E-state index in [1.807, 2.05) is 36.6 Å². The van der Waals surface area contributed by atoms with Gasteiger partial charge in [-0.15, -0.1) is 0 Å². The molecule has 0 radical (unpaired) electrons. The van der Waals surface area contributed by atoms with Crippen LogP contribution in [0.4, 0.5) is 0 Å². The molecule has 0 aliphatic carbocycles. The van der Waals surface area contributed by atoms with E-state index in [9.17, 15) is 19.2 Å². The molecule has 1 fully saturated rings. The maximum Gasteiger partial charge on any atom is 0.322 e. The van der Waals surface area contributed by atoms with Gasteiger partial charge in [-0.2, -0.15) is 11.8 Å². The lowest BCUT2D eigenvalue weighted by Crippen LogP contribution is -2.56. The summed E-state index contributed by atoms with van der Waals surface area (Å²) in [5.74, 6) is -1.77. The van der Waals surface area contributed by atoms with Gasteiger partial charge in [-0.3, -0.25) is 19.2 Å². The molecular weight excluding hydrogens is 420 g/mol. The van der Waals surface area contributed by atoms with Gasteiger partial charge in [0.2, 0.25) is 17.7 Å². The monoisotopic (exact) mass is 450 g/mol. The second-order valence-corrected chi connectivity index (χ2v) is 8.43. The number of likely N-dealkylation sites (tertiary alicyclic amines) is 1. The third kappa shape index (κ3) is 7.55. The SMILES string of the molecule is CSCCC(NC(=O)C(N)Cc1ccccc1)C(=O)N1CCCC1C(=O)NCC(=O)O. The first-order chi connectivity index (χ1) is 14.8. The molecule has 1 aliphatic rings. The fraction of sp³-hybridized carbons (Fsp3) is 0.524. The number of hydrogen-bond donors (Lipinski definition) is 4. The number of thioether (sulfide) groups is 1. The molecule has 10 heteroatoms. The standard InChI is InChI=1S/C21H30N4O5S/c1-31-11-9-16(24-19(28)15(22)12-14-6-3-2-4-7-14)21(30)25-10-5-8-17(25)20(29)23-13-18(26)27/h2-4,6-7,15-17H,5,8-13,22H2,1H3,(H,23,29)(H,24,28)(H,26,27). The number of carbonyl (C=O) groups is 4. The van der Waals surface area contributed by atoms with Gasteiger partial charge < -0.3 is 26.4 Å². The Morgan fingerprint density at radius 2 is 1.97 bits per heavy atom. The molecule has 3 atom stereocenters. The zero-order valence-electron chi connectivity index (χ0n) is 17.6. The van der Waals surface area contributed by atoms with Crippen LogP contribution < -0.4 is 16.4 Å². The van der Waals surface area contributed by atoms with Crippen LogP contribution >= 0.6 is 11.8 Å². The van der Waals surface area contributed by atoms with Gasteiger partial charge in [-0.1, -0.05) is 30.3 Å². The molecule has 1 aliphatic heterocycles. The number of nitrogens with one attached hydrogen (secondary N) is 2. The smallest absolute Gasteiger partial charge is 0.322 e. The number of carboxylic acids is 1. The average Bonchev–Trinajstić information content (AvgIpc) is 3.25. The molecular formula is C21H30N4O5S. The lowest BCUT2D eigenvalue weighted by molar-refractivity contribution is -0.142. The predicted molar refractivity (Wildman–Crippen MR) is 118 cm³/mol. The van der Waals surface area contributed by atoms with Crippen LogP contribution in [-0.2, 0) is 25.6 Å². The van der Waals surface area contributed by atoms with Crippen molar-refractivity contribution in [3.05, 3.63) is 35.9 Å². The third-order valence-corrected chi connectivity index (χ3v) is 5.76. The summed E-state index contributed by atoms with van der Waals surface area (Å²) in [6.07, 6.45) is 3.74. The molecule has 3 amide bonds. The summed E-state index contributed by atoms with van der Waals surface area (Å²) in [6.45, 7) is -0.121. The zero-order valence-corrected chi connectivity index (χ0v) is 18.4. The number of nitrogens with two attached hydrogens (primary N) is 1. The van der Waals surface area contributed by atoms with Crippen molar-refractivity contribution in [1.82, 2.24) is 15.5 Å². The number of carbonyl (C=O) groups excluding carboxylic acids is 3. The van der Waals surface area contributed by atoms with Crippen molar-refractivity contribution in [3.8, 4) is 0 Å². The van der Waals surface area contributed by atoms with Crippen LogP contribution in [0, 0.1) is 0 Å². The highest BCUT2D eigenvalue weighted by atomic mass is 32.2. The van der Waals surface area contributed by atoms with E-state index < -0.39 is 42.5 Å². The topological polar surface area (TPSA) is 142 Å². The lowest BCUT2D eigenvalue weighted by Gasteiger charge is -2.29. The van der Waals surface area contributed by atoms with Crippen LogP contribution in [0.15, 0.2) is 30.3 Å². The quantitative estimate of drug-likeness (QED) is 0.371. The van der Waals surface area contributed by atoms with Crippen molar-refractivity contribution in [3.63, 3.8) is 0 Å². The van der Waals surface area contributed by atoms with Gasteiger partial charge in [0, 0.05) is 6.54 Å². The largest absolute Gasteiger partial charge is 0.480 e. The van der Waals surface area contributed by atoms with E-state index in [-0.39, 0.29) is 5.91 Å². The van der Waals surface area contributed by atoms with Gasteiger partial charge in [-0.05, 0) is 43.3 Å². The molecule has 0 spiro atoms. The van der Waals surface area contributed by atoms with Gasteiger partial charge in [0.25, 0.3) is 0 Å². The number of hydrogen-bond acceptors (Lipinski definition) is 6. The van der Waals surface area contributed by atoms with Crippen molar-refractivity contribution in [2.24, 2.45) is 5.73 Å². The Morgan fingerprint density at radius 3 is 2.61 bits per heavy atom. The first kappa shape index (κ1) is 24.7. The minimum atomic E-state index is -1.15. The molecule has 1 aromatic rings. The summed E-state index contributed by atoms with van der Waals surface area (Å²) in [6, 6.07) is 7.04. The van der Waals surface area contributed by atoms with Crippen LogP contribution in [0.2, 0.25) is 0 Å². The molecule has 2 rings (SSSR count). The summed E-state index contributed by atoms with van der Waals surface area (Å²) in [5, 5.41) is 13.9. The molecule has 31 heavy (non-hydrogen) atoms. The number of aliphatic carboxylic acids is 1. The summed E-state index contributed by atoms with van der Waals surface area (Å²) in [5.41, 5.74) is 6.98. The van der Waals surface area contributed by atoms with Gasteiger partial charge in [0.1, 0.15) is 18.6 Å². The van der Waals surface area contributed by atoms with Gasteiger partial charge >= 0.3 is 5.97 Å². The van der Waals surface area contributed by atoms with E-state index in [0.29, 0.717) is 38.0 Å². The van der Waals surface area contributed by atoms with Crippen LogP contribution in [0.1, 0.15) is 24.8 Å². The third-order valence-electron chi connectivity index (χ3n) is 5.11. The minimum absolute atomic E-state index is 0.345. The molecule has 1 aromatic carbocycles. The van der Waals surface area contributed by atoms with Gasteiger partial charge in [0.15, 0.2) is 0 Å². The molecule has 170 valence electrons. The maximum atomic E-state index is 13.2. The Labute approximate surface area is 186 Å². The molecule has 0 aromatic heterocycles. The second-order valence-electron chi connectivity index (χ2n) is 7.44. The number of benzene rings is 1. The van der Waals surface area contributed by atoms with E-state index in [2.05, 4.69) is 10.6 Å². The molecule has 1 heterocycles. The average molecular weight is 451 g/mol. The van der Waals surface area contributed by atoms with Crippen LogP contribution in [-0.4, -0.2) is 76.9 Å². The number of amides is 3. The van der Waals surface area contributed by atoms with E-state index in [4.69, 9.17) is 10.8 Å². The minimum Gasteiger partial charge on any atom is -0.480 e. The maximum absolute atomic E-state index is 13.2. The predicted octanol–water partition coefficient (Wildman–Crippen LogP) is -0.0139. The highest BCUT2D eigenvalue weighted by Gasteiger charge is 2.37. The van der Waals surface area contributed by atoms with E-state index >= 15 is 0 Å². The Hall–Kier alpha value is -2.59. The number of nitrogens with zero attached hydrogens (tertiary/aromatic N) is 1. The van der Waals surface area contributed by atoms with Crippen LogP contribution in [0.3, 0.4) is 0 Å². The molecule has 1 saturated heterocycles. The van der Waals surface area contributed by atoms with E-state index in [1.165, 1.54) is 4.90 Å². The lowest BCUT2D eigenvalue weighted by atomic mass is 10.1. The Bertz CT molecular complexity index is 776. The second kappa shape index (κ2) is 12.3. The summed E-state index contributed by atoms with van der Waals surface area (Å²) >= 11 is 1.55. The Balaban J connectivity index is 2.04.